The number of benzene rings is 3. The summed E-state index contributed by atoms with van der Waals surface area (Å²) >= 11 is 7.81. The molecule has 0 aliphatic rings. The van der Waals surface area contributed by atoms with Crippen LogP contribution in [0.4, 0.5) is 5.69 Å². The van der Waals surface area contributed by atoms with Crippen LogP contribution in [0, 0.1) is 0 Å². The van der Waals surface area contributed by atoms with E-state index in [0.717, 1.165) is 28.3 Å². The van der Waals surface area contributed by atoms with Crippen LogP contribution in [0.2, 0.25) is 5.02 Å². The van der Waals surface area contributed by atoms with E-state index in [-0.39, 0.29) is 17.1 Å². The van der Waals surface area contributed by atoms with E-state index in [9.17, 15) is 4.79 Å². The highest BCUT2D eigenvalue weighted by molar-refractivity contribution is 7.99. The molecule has 0 saturated heterocycles. The number of aromatic nitrogens is 3. The third kappa shape index (κ3) is 5.91. The Morgan fingerprint density at radius 3 is 2.39 bits per heavy atom. The van der Waals surface area contributed by atoms with Gasteiger partial charge in [-0.05, 0) is 60.4 Å². The standard InChI is InChI=1S/C28H29ClN4O2S/c1-5-35-20-16-14-19(15-17-20)33-26(21-10-6-8-12-23(21)29)31-32-27(33)36-18-25(34)30-24-13-9-7-11-22(24)28(2,3)4/h6-17H,5,18H2,1-4H3,(H,30,34). The number of hydrogen-bond acceptors (Lipinski definition) is 5. The molecule has 0 saturated carbocycles. The van der Waals surface area contributed by atoms with Gasteiger partial charge in [-0.2, -0.15) is 0 Å². The van der Waals surface area contributed by atoms with Gasteiger partial charge in [0.2, 0.25) is 5.91 Å². The van der Waals surface area contributed by atoms with E-state index in [4.69, 9.17) is 16.3 Å². The minimum atomic E-state index is -0.114. The quantitative estimate of drug-likeness (QED) is 0.253. The molecule has 0 aliphatic heterocycles. The zero-order valence-corrected chi connectivity index (χ0v) is 22.4. The summed E-state index contributed by atoms with van der Waals surface area (Å²) in [4.78, 5) is 12.9. The summed E-state index contributed by atoms with van der Waals surface area (Å²) in [6.07, 6.45) is 0. The Labute approximate surface area is 221 Å². The lowest BCUT2D eigenvalue weighted by atomic mass is 9.86. The minimum Gasteiger partial charge on any atom is -0.494 e. The first-order valence-electron chi connectivity index (χ1n) is 11.7. The Balaban J connectivity index is 1.61. The van der Waals surface area contributed by atoms with E-state index in [2.05, 4.69) is 36.3 Å². The maximum Gasteiger partial charge on any atom is 0.234 e. The number of carbonyl (C=O) groups is 1. The molecule has 1 heterocycles. The average molecular weight is 521 g/mol. The summed E-state index contributed by atoms with van der Waals surface area (Å²) in [6, 6.07) is 23.1. The van der Waals surface area contributed by atoms with Gasteiger partial charge < -0.3 is 10.1 Å². The molecule has 0 radical (unpaired) electrons. The summed E-state index contributed by atoms with van der Waals surface area (Å²) in [5.74, 6) is 1.44. The van der Waals surface area contributed by atoms with Crippen LogP contribution in [-0.2, 0) is 10.2 Å². The van der Waals surface area contributed by atoms with E-state index < -0.39 is 0 Å². The van der Waals surface area contributed by atoms with Gasteiger partial charge in [0.1, 0.15) is 5.75 Å². The fourth-order valence-corrected chi connectivity index (χ4v) is 4.81. The summed E-state index contributed by atoms with van der Waals surface area (Å²) in [7, 11) is 0. The lowest BCUT2D eigenvalue weighted by molar-refractivity contribution is -0.113. The number of nitrogens with zero attached hydrogens (tertiary/aromatic N) is 3. The maximum absolute atomic E-state index is 12.9. The Hall–Kier alpha value is -3.29. The summed E-state index contributed by atoms with van der Waals surface area (Å²) in [5, 5.41) is 13.1. The van der Waals surface area contributed by atoms with Crippen LogP contribution in [0.5, 0.6) is 5.75 Å². The monoisotopic (exact) mass is 520 g/mol. The molecular weight excluding hydrogens is 492 g/mol. The van der Waals surface area contributed by atoms with Gasteiger partial charge in [-0.15, -0.1) is 10.2 Å². The Morgan fingerprint density at radius 2 is 1.69 bits per heavy atom. The fraction of sp³-hybridized carbons (Fsp3) is 0.250. The normalized spacial score (nSPS) is 11.4. The number of hydrogen-bond donors (Lipinski definition) is 1. The Bertz CT molecular complexity index is 1350. The molecule has 0 bridgehead atoms. The summed E-state index contributed by atoms with van der Waals surface area (Å²) in [6.45, 7) is 8.92. The number of halogens is 1. The predicted octanol–water partition coefficient (Wildman–Crippen LogP) is 7.01. The molecule has 1 aromatic heterocycles. The number of amides is 1. The van der Waals surface area contributed by atoms with Gasteiger partial charge in [-0.1, -0.05) is 74.5 Å². The Morgan fingerprint density at radius 1 is 1.00 bits per heavy atom. The van der Waals surface area contributed by atoms with E-state index in [1.807, 2.05) is 84.3 Å². The number of thioether (sulfide) groups is 1. The lowest BCUT2D eigenvalue weighted by Gasteiger charge is -2.23. The largest absolute Gasteiger partial charge is 0.494 e. The molecule has 4 aromatic rings. The van der Waals surface area contributed by atoms with Crippen LogP contribution < -0.4 is 10.1 Å². The molecule has 3 aromatic carbocycles. The molecule has 6 nitrogen and oxygen atoms in total. The highest BCUT2D eigenvalue weighted by Crippen LogP contribution is 2.33. The van der Waals surface area contributed by atoms with Crippen LogP contribution in [0.25, 0.3) is 17.1 Å². The second kappa shape index (κ2) is 11.2. The predicted molar refractivity (Wildman–Crippen MR) is 147 cm³/mol. The number of anilines is 1. The van der Waals surface area contributed by atoms with Crippen LogP contribution in [0.15, 0.2) is 78.0 Å². The molecule has 0 aliphatic carbocycles. The smallest absolute Gasteiger partial charge is 0.234 e. The van der Waals surface area contributed by atoms with Crippen LogP contribution in [-0.4, -0.2) is 33.0 Å². The zero-order chi connectivity index (χ0) is 25.7. The van der Waals surface area contributed by atoms with Crippen molar-refractivity contribution in [1.29, 1.82) is 0 Å². The van der Waals surface area contributed by atoms with Gasteiger partial charge in [0.25, 0.3) is 0 Å². The van der Waals surface area contributed by atoms with Gasteiger partial charge in [0, 0.05) is 16.9 Å². The number of para-hydroxylation sites is 1. The van der Waals surface area contributed by atoms with Crippen LogP contribution in [0.1, 0.15) is 33.3 Å². The molecule has 4 rings (SSSR count). The van der Waals surface area contributed by atoms with E-state index in [1.165, 1.54) is 11.8 Å². The first-order valence-corrected chi connectivity index (χ1v) is 13.1. The first kappa shape index (κ1) is 25.8. The zero-order valence-electron chi connectivity index (χ0n) is 20.8. The summed E-state index contributed by atoms with van der Waals surface area (Å²) in [5.41, 5.74) is 3.42. The minimum absolute atomic E-state index is 0.0886. The first-order chi connectivity index (χ1) is 17.3. The van der Waals surface area contributed by atoms with Crippen molar-refractivity contribution >= 4 is 35.0 Å². The molecule has 0 fully saturated rings. The average Bonchev–Trinajstić information content (AvgIpc) is 3.27. The highest BCUT2D eigenvalue weighted by atomic mass is 35.5. The number of nitrogens with one attached hydrogen (secondary N) is 1. The van der Waals surface area contributed by atoms with Crippen molar-refractivity contribution in [3.05, 3.63) is 83.4 Å². The molecule has 0 unspecified atom stereocenters. The highest BCUT2D eigenvalue weighted by Gasteiger charge is 2.21. The van der Waals surface area contributed by atoms with Gasteiger partial charge in [-0.3, -0.25) is 9.36 Å². The summed E-state index contributed by atoms with van der Waals surface area (Å²) < 4.78 is 7.51. The van der Waals surface area contributed by atoms with E-state index in [1.54, 1.807) is 0 Å². The van der Waals surface area contributed by atoms with E-state index in [0.29, 0.717) is 22.6 Å². The number of rotatable bonds is 8. The molecule has 1 N–H and O–H groups in total. The van der Waals surface area contributed by atoms with Gasteiger partial charge in [0.05, 0.1) is 17.4 Å². The fourth-order valence-electron chi connectivity index (χ4n) is 3.83. The third-order valence-electron chi connectivity index (χ3n) is 5.50. The van der Waals surface area contributed by atoms with Gasteiger partial charge in [-0.25, -0.2) is 0 Å². The van der Waals surface area contributed by atoms with Crippen molar-refractivity contribution in [2.45, 2.75) is 38.3 Å². The van der Waals surface area contributed by atoms with Gasteiger partial charge in [0.15, 0.2) is 11.0 Å². The van der Waals surface area contributed by atoms with Crippen molar-refractivity contribution in [2.75, 3.05) is 17.7 Å². The second-order valence-corrected chi connectivity index (χ2v) is 10.5. The van der Waals surface area contributed by atoms with Crippen molar-refractivity contribution in [3.63, 3.8) is 0 Å². The molecule has 8 heteroatoms. The molecule has 0 spiro atoms. The lowest BCUT2D eigenvalue weighted by Crippen LogP contribution is -2.20. The third-order valence-corrected chi connectivity index (χ3v) is 6.75. The van der Waals surface area contributed by atoms with Crippen molar-refractivity contribution in [1.82, 2.24) is 14.8 Å². The van der Waals surface area contributed by atoms with Crippen molar-refractivity contribution in [3.8, 4) is 22.8 Å². The second-order valence-electron chi connectivity index (χ2n) is 9.18. The van der Waals surface area contributed by atoms with Crippen LogP contribution >= 0.6 is 23.4 Å². The van der Waals surface area contributed by atoms with Crippen molar-refractivity contribution < 1.29 is 9.53 Å². The maximum atomic E-state index is 12.9. The molecule has 36 heavy (non-hydrogen) atoms. The SMILES string of the molecule is CCOc1ccc(-n2c(SCC(=O)Nc3ccccc3C(C)(C)C)nnc2-c2ccccc2Cl)cc1. The molecular formula is C28H29ClN4O2S. The Kier molecular flexibility index (Phi) is 8.01. The molecule has 1 amide bonds. The molecule has 0 atom stereocenters. The van der Waals surface area contributed by atoms with Gasteiger partial charge >= 0.3 is 0 Å². The van der Waals surface area contributed by atoms with Crippen LogP contribution in [0.3, 0.4) is 0 Å². The number of ether oxygens (including phenoxy) is 1. The number of carbonyl (C=O) groups excluding carboxylic acids is 1. The van der Waals surface area contributed by atoms with E-state index >= 15 is 0 Å². The van der Waals surface area contributed by atoms with Crippen molar-refractivity contribution in [2.24, 2.45) is 0 Å². The topological polar surface area (TPSA) is 69.0 Å². The molecule has 186 valence electrons.